The Bertz CT molecular complexity index is 660. The Labute approximate surface area is 121 Å². The third kappa shape index (κ3) is 1.76. The molecule has 3 aliphatic rings. The number of quaternary nitrogens is 1. The molecule has 1 saturated heterocycles. The van der Waals surface area contributed by atoms with Gasteiger partial charge in [-0.05, 0) is 6.07 Å². The number of carbonyl (C=O) groups is 1. The molecule has 21 heavy (non-hydrogen) atoms. The molecule has 1 atom stereocenters. The van der Waals surface area contributed by atoms with Gasteiger partial charge in [0.2, 0.25) is 5.60 Å². The predicted octanol–water partition coefficient (Wildman–Crippen LogP) is 0.991. The lowest BCUT2D eigenvalue weighted by Crippen LogP contribution is -3.09. The molecule has 0 radical (unpaired) electrons. The van der Waals surface area contributed by atoms with E-state index in [0.717, 1.165) is 22.2 Å². The lowest BCUT2D eigenvalue weighted by Gasteiger charge is -2.43. The topological polar surface area (TPSA) is 66.6 Å². The highest BCUT2D eigenvalue weighted by molar-refractivity contribution is 5.89. The van der Waals surface area contributed by atoms with Crippen LogP contribution in [0.25, 0.3) is 0 Å². The van der Waals surface area contributed by atoms with Gasteiger partial charge in [-0.1, -0.05) is 12.1 Å². The number of ether oxygens (including phenoxy) is 1. The molecule has 1 amide bonds. The smallest absolute Gasteiger partial charge is 0.407 e. The van der Waals surface area contributed by atoms with Gasteiger partial charge in [0.15, 0.2) is 11.4 Å². The first-order valence-corrected chi connectivity index (χ1v) is 7.08. The molecule has 3 aliphatic heterocycles. The molecule has 3 heterocycles. The Morgan fingerprint density at radius 3 is 2.86 bits per heavy atom. The van der Waals surface area contributed by atoms with Crippen molar-refractivity contribution in [3.63, 3.8) is 0 Å². The molecule has 1 unspecified atom stereocenters. The lowest BCUT2D eigenvalue weighted by molar-refractivity contribution is -0.674. The van der Waals surface area contributed by atoms with Crippen molar-refractivity contribution in [3.05, 3.63) is 36.7 Å². The number of hydrogen-bond donors (Lipinski definition) is 2. The van der Waals surface area contributed by atoms with Crippen molar-refractivity contribution < 1.29 is 19.5 Å². The second kappa shape index (κ2) is 4.33. The molecule has 108 valence electrons. The first-order valence-electron chi connectivity index (χ1n) is 7.08. The van der Waals surface area contributed by atoms with Gasteiger partial charge < -0.3 is 14.7 Å². The number of piperidine rings is 1. The van der Waals surface area contributed by atoms with Gasteiger partial charge in [0, 0.05) is 32.0 Å². The summed E-state index contributed by atoms with van der Waals surface area (Å²) < 4.78 is 6.29. The first-order chi connectivity index (χ1) is 10.2. The van der Waals surface area contributed by atoms with Crippen LogP contribution in [0.3, 0.4) is 0 Å². The summed E-state index contributed by atoms with van der Waals surface area (Å²) in [5.74, 6) is 1.81. The third-order valence-electron chi connectivity index (χ3n) is 4.46. The summed E-state index contributed by atoms with van der Waals surface area (Å²) in [6, 6.07) is 7.95. The SMILES string of the molecule is O=C(O)N1CCC2(CC1)Oc1ccccc1[NH+]1C=CN=C12. The largest absolute Gasteiger partial charge is 0.469 e. The van der Waals surface area contributed by atoms with E-state index in [1.54, 1.807) is 6.20 Å². The fourth-order valence-corrected chi connectivity index (χ4v) is 3.35. The molecule has 2 N–H and O–H groups in total. The number of benzene rings is 1. The van der Waals surface area contributed by atoms with Crippen molar-refractivity contribution in [2.45, 2.75) is 18.4 Å². The monoisotopic (exact) mass is 286 g/mol. The number of hydrogen-bond acceptors (Lipinski definition) is 3. The number of likely N-dealkylation sites (tertiary alicyclic amines) is 1. The third-order valence-corrected chi connectivity index (χ3v) is 4.46. The zero-order valence-electron chi connectivity index (χ0n) is 11.5. The highest BCUT2D eigenvalue weighted by atomic mass is 16.5. The summed E-state index contributed by atoms with van der Waals surface area (Å²) in [5, 5.41) is 9.11. The second-order valence-corrected chi connectivity index (χ2v) is 5.57. The van der Waals surface area contributed by atoms with Gasteiger partial charge in [-0.15, -0.1) is 0 Å². The van der Waals surface area contributed by atoms with Crippen molar-refractivity contribution in [2.75, 3.05) is 13.1 Å². The van der Waals surface area contributed by atoms with Crippen molar-refractivity contribution >= 4 is 17.6 Å². The highest BCUT2D eigenvalue weighted by Gasteiger charge is 2.53. The van der Waals surface area contributed by atoms with E-state index in [1.165, 1.54) is 4.90 Å². The molecule has 1 fully saturated rings. The van der Waals surface area contributed by atoms with Crippen LogP contribution in [0, 0.1) is 0 Å². The molecule has 0 bridgehead atoms. The van der Waals surface area contributed by atoms with E-state index in [1.807, 2.05) is 30.5 Å². The number of carboxylic acid groups (broad SMARTS) is 1. The average molecular weight is 286 g/mol. The highest BCUT2D eigenvalue weighted by Crippen LogP contribution is 2.36. The van der Waals surface area contributed by atoms with Crippen LogP contribution in [-0.2, 0) is 0 Å². The molecule has 6 heteroatoms. The zero-order chi connectivity index (χ0) is 14.4. The fourth-order valence-electron chi connectivity index (χ4n) is 3.35. The number of aliphatic imine (C=N–C) groups is 1. The van der Waals surface area contributed by atoms with Gasteiger partial charge in [-0.2, -0.15) is 4.99 Å². The standard InChI is InChI=1S/C15H15N3O3/c19-14(20)17-8-5-15(6-9-17)13-16-7-10-18(13)11-3-1-2-4-12(11)21-15/h1-4,7,10H,5-6,8-9H2,(H,19,20)/p+1. The Kier molecular flexibility index (Phi) is 2.56. The molecule has 1 spiro atoms. The average Bonchev–Trinajstić information content (AvgIpc) is 2.99. The molecule has 1 aromatic carbocycles. The van der Waals surface area contributed by atoms with E-state index < -0.39 is 11.7 Å². The van der Waals surface area contributed by atoms with Gasteiger partial charge in [0.25, 0.3) is 5.84 Å². The van der Waals surface area contributed by atoms with E-state index >= 15 is 0 Å². The van der Waals surface area contributed by atoms with Crippen molar-refractivity contribution in [2.24, 2.45) is 4.99 Å². The predicted molar refractivity (Wildman–Crippen MR) is 75.8 cm³/mol. The number of amides is 1. The van der Waals surface area contributed by atoms with Crippen molar-refractivity contribution in [1.29, 1.82) is 0 Å². The minimum atomic E-state index is -0.864. The summed E-state index contributed by atoms with van der Waals surface area (Å²) in [5.41, 5.74) is 0.579. The summed E-state index contributed by atoms with van der Waals surface area (Å²) in [6.45, 7) is 0.952. The maximum absolute atomic E-state index is 11.1. The Hall–Kier alpha value is -2.34. The second-order valence-electron chi connectivity index (χ2n) is 5.57. The number of nitrogens with zero attached hydrogens (tertiary/aromatic N) is 2. The number of para-hydroxylation sites is 2. The summed E-state index contributed by atoms with van der Waals surface area (Å²) in [7, 11) is 0. The minimum absolute atomic E-state index is 0.476. The summed E-state index contributed by atoms with van der Waals surface area (Å²) in [4.78, 5) is 18.2. The van der Waals surface area contributed by atoms with E-state index in [0.29, 0.717) is 25.9 Å². The van der Waals surface area contributed by atoms with E-state index in [-0.39, 0.29) is 0 Å². The van der Waals surface area contributed by atoms with E-state index in [9.17, 15) is 4.79 Å². The lowest BCUT2D eigenvalue weighted by atomic mass is 9.87. The maximum Gasteiger partial charge on any atom is 0.407 e. The normalized spacial score (nSPS) is 25.0. The molecular formula is C15H16N3O3+. The fraction of sp³-hybridized carbons (Fsp3) is 0.333. The van der Waals surface area contributed by atoms with Crippen LogP contribution < -0.4 is 9.64 Å². The van der Waals surface area contributed by atoms with E-state index in [4.69, 9.17) is 9.84 Å². The molecule has 0 aliphatic carbocycles. The van der Waals surface area contributed by atoms with Gasteiger partial charge in [-0.25, -0.2) is 9.69 Å². The van der Waals surface area contributed by atoms with Crippen LogP contribution in [0.15, 0.2) is 41.7 Å². The number of nitrogens with one attached hydrogen (secondary N) is 1. The Morgan fingerprint density at radius 1 is 1.33 bits per heavy atom. The molecule has 0 saturated carbocycles. The number of rotatable bonds is 0. The van der Waals surface area contributed by atoms with Crippen LogP contribution in [0.2, 0.25) is 0 Å². The van der Waals surface area contributed by atoms with Gasteiger partial charge in [0.1, 0.15) is 6.20 Å². The van der Waals surface area contributed by atoms with Crippen molar-refractivity contribution in [1.82, 2.24) is 4.90 Å². The first kappa shape index (κ1) is 12.4. The van der Waals surface area contributed by atoms with Crippen LogP contribution in [0.1, 0.15) is 12.8 Å². The quantitative estimate of drug-likeness (QED) is 0.747. The Balaban J connectivity index is 1.71. The molecule has 6 nitrogen and oxygen atoms in total. The summed E-state index contributed by atoms with van der Waals surface area (Å²) in [6.07, 6.45) is 4.23. The van der Waals surface area contributed by atoms with Crippen LogP contribution >= 0.6 is 0 Å². The molecule has 1 aromatic rings. The zero-order valence-corrected chi connectivity index (χ0v) is 11.5. The summed E-state index contributed by atoms with van der Waals surface area (Å²) >= 11 is 0. The van der Waals surface area contributed by atoms with Crippen LogP contribution in [0.5, 0.6) is 5.75 Å². The van der Waals surface area contributed by atoms with Crippen molar-refractivity contribution in [3.8, 4) is 5.75 Å². The van der Waals surface area contributed by atoms with Gasteiger partial charge in [0.05, 0.1) is 6.20 Å². The minimum Gasteiger partial charge on any atom is -0.469 e. The molecular weight excluding hydrogens is 270 g/mol. The number of amidine groups is 1. The van der Waals surface area contributed by atoms with Crippen LogP contribution in [0.4, 0.5) is 10.5 Å². The maximum atomic E-state index is 11.1. The van der Waals surface area contributed by atoms with E-state index in [2.05, 4.69) is 4.99 Å². The van der Waals surface area contributed by atoms with Gasteiger partial charge in [-0.3, -0.25) is 0 Å². The van der Waals surface area contributed by atoms with Crippen LogP contribution in [-0.4, -0.2) is 40.6 Å². The van der Waals surface area contributed by atoms with Gasteiger partial charge >= 0.3 is 6.09 Å². The Morgan fingerprint density at radius 2 is 2.10 bits per heavy atom. The molecule has 0 aromatic heterocycles. The molecule has 4 rings (SSSR count). The number of fused-ring (bicyclic) bond motifs is 4.